The summed E-state index contributed by atoms with van der Waals surface area (Å²) >= 11 is 5.15. The number of piperazine rings is 1. The van der Waals surface area contributed by atoms with E-state index in [1.807, 2.05) is 31.2 Å². The van der Waals surface area contributed by atoms with E-state index in [1.165, 1.54) is 7.11 Å². The average Bonchev–Trinajstić information content (AvgIpc) is 3.12. The molecule has 2 heterocycles. The van der Waals surface area contributed by atoms with Crippen LogP contribution in [0.25, 0.3) is 0 Å². The zero-order chi connectivity index (χ0) is 20.1. The number of rotatable bonds is 5. The fourth-order valence-electron chi connectivity index (χ4n) is 3.31. The Kier molecular flexibility index (Phi) is 6.56. The van der Waals surface area contributed by atoms with Gasteiger partial charge in [0.25, 0.3) is 0 Å². The zero-order valence-electron chi connectivity index (χ0n) is 16.2. The van der Waals surface area contributed by atoms with Gasteiger partial charge >= 0.3 is 12.2 Å². The summed E-state index contributed by atoms with van der Waals surface area (Å²) in [6.45, 7) is 5.74. The summed E-state index contributed by atoms with van der Waals surface area (Å²) in [5, 5.41) is 3.12. The molecule has 1 aromatic rings. The monoisotopic (exact) mass is 406 g/mol. The lowest BCUT2D eigenvalue weighted by Crippen LogP contribution is -2.48. The van der Waals surface area contributed by atoms with Crippen LogP contribution in [0.4, 0.5) is 21.0 Å². The molecule has 2 amide bonds. The van der Waals surface area contributed by atoms with E-state index < -0.39 is 0 Å². The standard InChI is InChI=1S/C19H26N4O4S/c1-3-17(28)20-12-16-13-23(19(25)27-16)15-6-4-14(5-7-15)21-8-10-22(11-9-21)18(24)26-2/h4-7,16H,3,8-13H2,1-2H3,(H,20,28)/t16-/m0/s1. The maximum absolute atomic E-state index is 12.2. The van der Waals surface area contributed by atoms with Crippen LogP contribution in [0.5, 0.6) is 0 Å². The van der Waals surface area contributed by atoms with E-state index in [-0.39, 0.29) is 18.3 Å². The molecular weight excluding hydrogens is 380 g/mol. The minimum absolute atomic E-state index is 0.219. The number of benzene rings is 1. The van der Waals surface area contributed by atoms with Crippen molar-refractivity contribution in [2.45, 2.75) is 19.4 Å². The number of nitrogens with zero attached hydrogens (tertiary/aromatic N) is 3. The minimum atomic E-state index is -0.339. The van der Waals surface area contributed by atoms with Gasteiger partial charge in [-0.25, -0.2) is 9.59 Å². The van der Waals surface area contributed by atoms with E-state index >= 15 is 0 Å². The highest BCUT2D eigenvalue weighted by molar-refractivity contribution is 7.80. The maximum Gasteiger partial charge on any atom is 0.414 e. The summed E-state index contributed by atoms with van der Waals surface area (Å²) in [4.78, 5) is 30.1. The van der Waals surface area contributed by atoms with Gasteiger partial charge in [0.05, 0.1) is 25.2 Å². The molecular formula is C19H26N4O4S. The third-order valence-corrected chi connectivity index (χ3v) is 5.39. The summed E-state index contributed by atoms with van der Waals surface area (Å²) in [6.07, 6.45) is -0.0715. The van der Waals surface area contributed by atoms with Crippen molar-refractivity contribution in [2.75, 3.05) is 56.2 Å². The predicted octanol–water partition coefficient (Wildman–Crippen LogP) is 2.23. The first-order chi connectivity index (χ1) is 13.5. The van der Waals surface area contributed by atoms with Crippen molar-refractivity contribution in [3.63, 3.8) is 0 Å². The van der Waals surface area contributed by atoms with Crippen LogP contribution in [-0.2, 0) is 9.47 Å². The van der Waals surface area contributed by atoms with Gasteiger partial charge in [-0.3, -0.25) is 4.90 Å². The normalized spacial score (nSPS) is 19.4. The van der Waals surface area contributed by atoms with Crippen LogP contribution < -0.4 is 15.1 Å². The average molecular weight is 407 g/mol. The van der Waals surface area contributed by atoms with Gasteiger partial charge in [-0.05, 0) is 30.7 Å². The Morgan fingerprint density at radius 3 is 2.46 bits per heavy atom. The molecule has 0 unspecified atom stereocenters. The third kappa shape index (κ3) is 4.64. The van der Waals surface area contributed by atoms with Gasteiger partial charge in [0.15, 0.2) is 0 Å². The van der Waals surface area contributed by atoms with E-state index in [4.69, 9.17) is 21.7 Å². The topological polar surface area (TPSA) is 74.4 Å². The number of nitrogens with one attached hydrogen (secondary N) is 1. The van der Waals surface area contributed by atoms with E-state index in [2.05, 4.69) is 10.2 Å². The number of anilines is 2. The van der Waals surface area contributed by atoms with Gasteiger partial charge in [0.2, 0.25) is 0 Å². The number of methoxy groups -OCH3 is 1. The van der Waals surface area contributed by atoms with Gasteiger partial charge in [0.1, 0.15) is 6.10 Å². The van der Waals surface area contributed by atoms with Gasteiger partial charge < -0.3 is 24.6 Å². The van der Waals surface area contributed by atoms with Crippen molar-refractivity contribution in [1.29, 1.82) is 0 Å². The Morgan fingerprint density at radius 1 is 1.21 bits per heavy atom. The summed E-state index contributed by atoms with van der Waals surface area (Å²) in [5.41, 5.74) is 1.87. The zero-order valence-corrected chi connectivity index (χ0v) is 17.0. The van der Waals surface area contributed by atoms with Crippen molar-refractivity contribution in [3.05, 3.63) is 24.3 Å². The lowest BCUT2D eigenvalue weighted by molar-refractivity contribution is 0.121. The molecule has 0 aliphatic carbocycles. The highest BCUT2D eigenvalue weighted by Gasteiger charge is 2.32. The highest BCUT2D eigenvalue weighted by Crippen LogP contribution is 2.25. The van der Waals surface area contributed by atoms with Crippen molar-refractivity contribution in [2.24, 2.45) is 0 Å². The molecule has 152 valence electrons. The number of thiocarbonyl (C=S) groups is 1. The Balaban J connectivity index is 1.55. The number of cyclic esters (lactones) is 1. The Morgan fingerprint density at radius 2 is 1.86 bits per heavy atom. The minimum Gasteiger partial charge on any atom is -0.453 e. The molecule has 9 heteroatoms. The predicted molar refractivity (Wildman–Crippen MR) is 111 cm³/mol. The number of amides is 2. The van der Waals surface area contributed by atoms with Gasteiger partial charge in [-0.1, -0.05) is 19.1 Å². The first kappa shape index (κ1) is 20.2. The molecule has 0 bridgehead atoms. The molecule has 1 N–H and O–H groups in total. The van der Waals surface area contributed by atoms with E-state index in [9.17, 15) is 9.59 Å². The van der Waals surface area contributed by atoms with Crippen LogP contribution in [0, 0.1) is 0 Å². The molecule has 2 aliphatic rings. The third-order valence-electron chi connectivity index (χ3n) is 4.96. The van der Waals surface area contributed by atoms with Crippen molar-refractivity contribution < 1.29 is 19.1 Å². The number of ether oxygens (including phenoxy) is 2. The Hall–Kier alpha value is -2.55. The van der Waals surface area contributed by atoms with Crippen LogP contribution in [0.1, 0.15) is 13.3 Å². The SMILES string of the molecule is CCC(=S)NC[C@H]1CN(c2ccc(N3CCN(C(=O)OC)CC3)cc2)C(=O)O1. The first-order valence-corrected chi connectivity index (χ1v) is 9.85. The van der Waals surface area contributed by atoms with Crippen LogP contribution in [0.15, 0.2) is 24.3 Å². The van der Waals surface area contributed by atoms with Crippen LogP contribution >= 0.6 is 12.2 Å². The molecule has 0 radical (unpaired) electrons. The molecule has 3 rings (SSSR count). The lowest BCUT2D eigenvalue weighted by atomic mass is 10.2. The first-order valence-electron chi connectivity index (χ1n) is 9.44. The summed E-state index contributed by atoms with van der Waals surface area (Å²) < 4.78 is 10.2. The van der Waals surface area contributed by atoms with Crippen LogP contribution in [-0.4, -0.2) is 74.6 Å². The maximum atomic E-state index is 12.2. The second-order valence-corrected chi connectivity index (χ2v) is 7.23. The number of hydrogen-bond acceptors (Lipinski definition) is 6. The second kappa shape index (κ2) is 9.09. The second-order valence-electron chi connectivity index (χ2n) is 6.73. The lowest BCUT2D eigenvalue weighted by Gasteiger charge is -2.35. The molecule has 1 atom stereocenters. The Labute approximate surface area is 170 Å². The van der Waals surface area contributed by atoms with Crippen molar-refractivity contribution >= 4 is 40.8 Å². The van der Waals surface area contributed by atoms with Crippen molar-refractivity contribution in [1.82, 2.24) is 10.2 Å². The van der Waals surface area contributed by atoms with E-state index in [1.54, 1.807) is 9.80 Å². The Bertz CT molecular complexity index is 719. The summed E-state index contributed by atoms with van der Waals surface area (Å²) in [6, 6.07) is 7.84. The molecule has 28 heavy (non-hydrogen) atoms. The van der Waals surface area contributed by atoms with Crippen LogP contribution in [0.2, 0.25) is 0 Å². The van der Waals surface area contributed by atoms with E-state index in [0.717, 1.165) is 35.9 Å². The smallest absolute Gasteiger partial charge is 0.414 e. The molecule has 0 saturated carbocycles. The fraction of sp³-hybridized carbons (Fsp3) is 0.526. The molecule has 2 fully saturated rings. The van der Waals surface area contributed by atoms with Gasteiger partial charge in [0, 0.05) is 37.6 Å². The molecule has 8 nitrogen and oxygen atoms in total. The molecule has 0 spiro atoms. The number of carbonyl (C=O) groups is 2. The summed E-state index contributed by atoms with van der Waals surface area (Å²) in [5.74, 6) is 0. The van der Waals surface area contributed by atoms with Crippen LogP contribution in [0.3, 0.4) is 0 Å². The quantitative estimate of drug-likeness (QED) is 0.752. The highest BCUT2D eigenvalue weighted by atomic mass is 32.1. The van der Waals surface area contributed by atoms with Gasteiger partial charge in [-0.15, -0.1) is 0 Å². The number of carbonyl (C=O) groups excluding carboxylic acids is 2. The molecule has 0 aromatic heterocycles. The van der Waals surface area contributed by atoms with E-state index in [0.29, 0.717) is 26.2 Å². The summed E-state index contributed by atoms with van der Waals surface area (Å²) in [7, 11) is 1.40. The largest absolute Gasteiger partial charge is 0.453 e. The molecule has 2 aliphatic heterocycles. The van der Waals surface area contributed by atoms with Crippen molar-refractivity contribution in [3.8, 4) is 0 Å². The number of hydrogen-bond donors (Lipinski definition) is 1. The van der Waals surface area contributed by atoms with Gasteiger partial charge in [-0.2, -0.15) is 0 Å². The fourth-order valence-corrected chi connectivity index (χ4v) is 3.39. The molecule has 2 saturated heterocycles. The molecule has 1 aromatic carbocycles.